The van der Waals surface area contributed by atoms with Gasteiger partial charge in [-0.1, -0.05) is 47.5 Å². The number of hydrogen-bond acceptors (Lipinski definition) is 3. The van der Waals surface area contributed by atoms with E-state index in [-0.39, 0.29) is 21.8 Å². The van der Waals surface area contributed by atoms with Crippen LogP contribution in [0.1, 0.15) is 12.0 Å². The summed E-state index contributed by atoms with van der Waals surface area (Å²) in [4.78, 5) is 0.119. The van der Waals surface area contributed by atoms with Crippen LogP contribution in [0, 0.1) is 0 Å². The van der Waals surface area contributed by atoms with Crippen molar-refractivity contribution in [1.29, 1.82) is 0 Å². The van der Waals surface area contributed by atoms with Crippen LogP contribution in [0.4, 0.5) is 8.78 Å². The van der Waals surface area contributed by atoms with Gasteiger partial charge in [-0.05, 0) is 48.5 Å². The highest BCUT2D eigenvalue weighted by atomic mass is 35.5. The van der Waals surface area contributed by atoms with Gasteiger partial charge in [-0.2, -0.15) is 5.10 Å². The number of nitrogens with zero attached hydrogens (tertiary/aromatic N) is 2. The molecule has 0 amide bonds. The predicted molar refractivity (Wildman–Crippen MR) is 123 cm³/mol. The Bertz CT molecular complexity index is 1370. The summed E-state index contributed by atoms with van der Waals surface area (Å²) in [6.45, 7) is 0. The van der Waals surface area contributed by atoms with Crippen LogP contribution in [0.15, 0.2) is 77.7 Å². The van der Waals surface area contributed by atoms with E-state index in [1.165, 1.54) is 28.9 Å². The Kier molecular flexibility index (Phi) is 6.07. The van der Waals surface area contributed by atoms with Gasteiger partial charge in [-0.25, -0.2) is 21.9 Å². The Hall–Kier alpha value is -2.74. The van der Waals surface area contributed by atoms with Crippen LogP contribution in [0.2, 0.25) is 10.0 Å². The molecule has 164 valence electrons. The lowest BCUT2D eigenvalue weighted by Gasteiger charge is -2.11. The van der Waals surface area contributed by atoms with Crippen molar-refractivity contribution in [2.75, 3.05) is 6.26 Å². The van der Waals surface area contributed by atoms with Gasteiger partial charge < -0.3 is 0 Å². The maximum atomic E-state index is 14.4. The molecule has 4 nitrogen and oxygen atoms in total. The maximum Gasteiger partial charge on any atom is 0.268 e. The molecule has 0 fully saturated rings. The SMILES string of the molecule is CS(=O)(=O)c1ccc(-n2nc(-c3ccc(Cl)cc3)c(C(F)F)c2-c2ccc(Cl)cc2)cc1. The fourth-order valence-corrected chi connectivity index (χ4v) is 4.25. The largest absolute Gasteiger partial charge is 0.268 e. The predicted octanol–water partition coefficient (Wildman–Crippen LogP) is 6.85. The first-order valence-corrected chi connectivity index (χ1v) is 12.0. The number of benzene rings is 3. The zero-order valence-corrected chi connectivity index (χ0v) is 19.0. The molecule has 1 aromatic heterocycles. The van der Waals surface area contributed by atoms with Crippen molar-refractivity contribution < 1.29 is 17.2 Å². The Morgan fingerprint density at radius 1 is 0.812 bits per heavy atom. The average Bonchev–Trinajstić information content (AvgIpc) is 3.15. The molecule has 0 unspecified atom stereocenters. The molecule has 0 saturated heterocycles. The Morgan fingerprint density at radius 2 is 1.31 bits per heavy atom. The molecule has 0 atom stereocenters. The second-order valence-corrected chi connectivity index (χ2v) is 9.99. The van der Waals surface area contributed by atoms with Crippen molar-refractivity contribution in [3.8, 4) is 28.2 Å². The van der Waals surface area contributed by atoms with Crippen molar-refractivity contribution in [2.45, 2.75) is 11.3 Å². The van der Waals surface area contributed by atoms with E-state index in [2.05, 4.69) is 5.10 Å². The number of hydrogen-bond donors (Lipinski definition) is 0. The standard InChI is InChI=1S/C23H16Cl2F2N2O2S/c1-32(30,31)19-12-10-18(11-13-19)29-22(15-4-8-17(25)9-5-15)20(23(26)27)21(28-29)14-2-6-16(24)7-3-14/h2-13,23H,1H3. The smallest absolute Gasteiger partial charge is 0.232 e. The Balaban J connectivity index is 2.00. The number of alkyl halides is 2. The van der Waals surface area contributed by atoms with Gasteiger partial charge in [0.1, 0.15) is 5.69 Å². The van der Waals surface area contributed by atoms with E-state index in [0.717, 1.165) is 6.26 Å². The van der Waals surface area contributed by atoms with Gasteiger partial charge in [0.15, 0.2) is 9.84 Å². The van der Waals surface area contributed by atoms with Gasteiger partial charge in [0.2, 0.25) is 0 Å². The van der Waals surface area contributed by atoms with Crippen molar-refractivity contribution in [3.63, 3.8) is 0 Å². The fourth-order valence-electron chi connectivity index (χ4n) is 3.36. The van der Waals surface area contributed by atoms with Crippen LogP contribution in [-0.2, 0) is 9.84 Å². The molecule has 4 rings (SSSR count). The number of rotatable bonds is 5. The summed E-state index contributed by atoms with van der Waals surface area (Å²) in [6.07, 6.45) is -1.72. The molecule has 0 bridgehead atoms. The summed E-state index contributed by atoms with van der Waals surface area (Å²) < 4.78 is 53.8. The lowest BCUT2D eigenvalue weighted by atomic mass is 10.0. The number of sulfone groups is 1. The molecular formula is C23H16Cl2F2N2O2S. The van der Waals surface area contributed by atoms with Crippen LogP contribution in [0.5, 0.6) is 0 Å². The van der Waals surface area contributed by atoms with Gasteiger partial charge in [-0.3, -0.25) is 0 Å². The normalized spacial score (nSPS) is 11.8. The molecule has 3 aromatic carbocycles. The van der Waals surface area contributed by atoms with Gasteiger partial charge >= 0.3 is 0 Å². The first kappa shape index (κ1) is 22.5. The minimum Gasteiger partial charge on any atom is -0.232 e. The van der Waals surface area contributed by atoms with E-state index in [0.29, 0.717) is 26.9 Å². The van der Waals surface area contributed by atoms with E-state index in [1.807, 2.05) is 0 Å². The van der Waals surface area contributed by atoms with Crippen molar-refractivity contribution in [1.82, 2.24) is 9.78 Å². The van der Waals surface area contributed by atoms with Crippen LogP contribution in [-0.4, -0.2) is 24.5 Å². The monoisotopic (exact) mass is 492 g/mol. The molecule has 0 N–H and O–H groups in total. The van der Waals surface area contributed by atoms with E-state index in [9.17, 15) is 17.2 Å². The zero-order valence-electron chi connectivity index (χ0n) is 16.6. The molecule has 0 spiro atoms. The molecule has 0 saturated carbocycles. The van der Waals surface area contributed by atoms with Crippen LogP contribution >= 0.6 is 23.2 Å². The Morgan fingerprint density at radius 3 is 1.78 bits per heavy atom. The van der Waals surface area contributed by atoms with Gasteiger partial charge in [0.05, 0.1) is 21.8 Å². The Labute approximate surface area is 194 Å². The molecule has 4 aromatic rings. The van der Waals surface area contributed by atoms with Crippen molar-refractivity contribution in [3.05, 3.63) is 88.4 Å². The third-order valence-corrected chi connectivity index (χ3v) is 6.52. The van der Waals surface area contributed by atoms with E-state index in [4.69, 9.17) is 23.2 Å². The van der Waals surface area contributed by atoms with Crippen LogP contribution in [0.3, 0.4) is 0 Å². The van der Waals surface area contributed by atoms with Crippen molar-refractivity contribution in [2.24, 2.45) is 0 Å². The van der Waals surface area contributed by atoms with Gasteiger partial charge in [0, 0.05) is 27.4 Å². The zero-order chi connectivity index (χ0) is 23.0. The minimum absolute atomic E-state index is 0.105. The molecule has 32 heavy (non-hydrogen) atoms. The first-order chi connectivity index (χ1) is 15.1. The quantitative estimate of drug-likeness (QED) is 0.306. The van der Waals surface area contributed by atoms with E-state index < -0.39 is 16.3 Å². The minimum atomic E-state index is -3.41. The van der Waals surface area contributed by atoms with E-state index in [1.54, 1.807) is 48.5 Å². The highest BCUT2D eigenvalue weighted by Gasteiger charge is 2.27. The number of halogens is 4. The van der Waals surface area contributed by atoms with Crippen LogP contribution < -0.4 is 0 Å². The lowest BCUT2D eigenvalue weighted by molar-refractivity contribution is 0.152. The van der Waals surface area contributed by atoms with E-state index >= 15 is 0 Å². The molecule has 0 radical (unpaired) electrons. The second-order valence-electron chi connectivity index (χ2n) is 7.10. The van der Waals surface area contributed by atoms with Gasteiger partial charge in [-0.15, -0.1) is 0 Å². The summed E-state index contributed by atoms with van der Waals surface area (Å²) in [5.41, 5.74) is 1.45. The second kappa shape index (κ2) is 8.65. The summed E-state index contributed by atoms with van der Waals surface area (Å²) in [7, 11) is -3.41. The summed E-state index contributed by atoms with van der Waals surface area (Å²) in [5.74, 6) is 0. The maximum absolute atomic E-state index is 14.4. The fraction of sp³-hybridized carbons (Fsp3) is 0.0870. The number of aromatic nitrogens is 2. The summed E-state index contributed by atoms with van der Waals surface area (Å²) >= 11 is 12.0. The summed E-state index contributed by atoms with van der Waals surface area (Å²) in [6, 6.07) is 18.9. The molecule has 0 aliphatic rings. The third kappa shape index (κ3) is 4.41. The highest BCUT2D eigenvalue weighted by Crippen LogP contribution is 2.40. The van der Waals surface area contributed by atoms with Crippen molar-refractivity contribution >= 4 is 33.0 Å². The molecule has 0 aliphatic heterocycles. The van der Waals surface area contributed by atoms with Gasteiger partial charge in [0.25, 0.3) is 6.43 Å². The molecule has 0 aliphatic carbocycles. The lowest BCUT2D eigenvalue weighted by Crippen LogP contribution is -2.02. The first-order valence-electron chi connectivity index (χ1n) is 9.38. The third-order valence-electron chi connectivity index (χ3n) is 4.89. The molecule has 1 heterocycles. The summed E-state index contributed by atoms with van der Waals surface area (Å²) in [5, 5.41) is 5.44. The average molecular weight is 493 g/mol. The topological polar surface area (TPSA) is 52.0 Å². The highest BCUT2D eigenvalue weighted by molar-refractivity contribution is 7.90. The molecule has 9 heteroatoms. The molecular weight excluding hydrogens is 477 g/mol. The van der Waals surface area contributed by atoms with Crippen LogP contribution in [0.25, 0.3) is 28.2 Å².